The Bertz CT molecular complexity index is 1250. The largest absolute Gasteiger partial charge is 0.497 e. The van der Waals surface area contributed by atoms with Gasteiger partial charge in [0.05, 0.1) is 18.2 Å². The molecule has 0 N–H and O–H groups in total. The van der Waals surface area contributed by atoms with Crippen LogP contribution in [0.3, 0.4) is 0 Å². The van der Waals surface area contributed by atoms with Gasteiger partial charge in [0, 0.05) is 17.7 Å². The lowest BCUT2D eigenvalue weighted by Crippen LogP contribution is -2.44. The zero-order valence-electron chi connectivity index (χ0n) is 19.6. The minimum atomic E-state index is -3.83. The second kappa shape index (κ2) is 8.91. The molecule has 0 aromatic heterocycles. The molecule has 3 aromatic carbocycles. The normalized spacial score (nSPS) is 16.9. The van der Waals surface area contributed by atoms with Gasteiger partial charge in [-0.25, -0.2) is 0 Å². The average Bonchev–Trinajstić information content (AvgIpc) is 3.12. The van der Waals surface area contributed by atoms with Gasteiger partial charge in [-0.3, -0.25) is 9.59 Å². The Morgan fingerprint density at radius 2 is 1.63 bits per heavy atom. The second-order valence-corrected chi connectivity index (χ2v) is 9.33. The third-order valence-electron chi connectivity index (χ3n) is 7.38. The third-order valence-corrected chi connectivity index (χ3v) is 7.38. The van der Waals surface area contributed by atoms with E-state index in [1.807, 2.05) is 24.3 Å². The molecule has 4 nitrogen and oxygen atoms in total. The molecule has 0 atom stereocenters. The summed E-state index contributed by atoms with van der Waals surface area (Å²) in [6.07, 6.45) is 4.29. The Labute approximate surface area is 203 Å². The molecule has 1 aliphatic heterocycles. The number of fused-ring (bicyclic) bond motifs is 2. The lowest BCUT2D eigenvalue weighted by atomic mass is 9.75. The van der Waals surface area contributed by atoms with Crippen LogP contribution in [0.2, 0.25) is 0 Å². The molecule has 1 spiro atoms. The number of ether oxygens (including phenoxy) is 1. The summed E-state index contributed by atoms with van der Waals surface area (Å²) in [5.74, 6) is -4.85. The van der Waals surface area contributed by atoms with Gasteiger partial charge in [0.2, 0.25) is 5.78 Å². The van der Waals surface area contributed by atoms with Crippen LogP contribution in [0.25, 0.3) is 0 Å². The summed E-state index contributed by atoms with van der Waals surface area (Å²) in [4.78, 5) is 28.5. The maximum atomic E-state index is 15.7. The van der Waals surface area contributed by atoms with Gasteiger partial charge < -0.3 is 9.64 Å². The number of rotatable bonds is 6. The van der Waals surface area contributed by atoms with E-state index in [0.717, 1.165) is 24.8 Å². The standard InChI is InChI=1S/C29H27F2NO3/c1-35-22-15-13-20(14-16-22)19-32-27(34)25-23(28(32)17-6-3-7-18-28)11-8-12-24(25)29(30,31)26(33)21-9-4-2-5-10-21/h2,4-5,8-16H,3,6-7,17-19H2,1H3. The number of carbonyl (C=O) groups excluding carboxylic acids is 2. The lowest BCUT2D eigenvalue weighted by Gasteiger charge is -2.42. The van der Waals surface area contributed by atoms with E-state index in [1.165, 1.54) is 18.2 Å². The molecule has 1 fully saturated rings. The van der Waals surface area contributed by atoms with E-state index < -0.39 is 28.7 Å². The first kappa shape index (κ1) is 23.2. The van der Waals surface area contributed by atoms with Crippen molar-refractivity contribution in [2.24, 2.45) is 0 Å². The fraction of sp³-hybridized carbons (Fsp3) is 0.310. The van der Waals surface area contributed by atoms with Crippen molar-refractivity contribution in [1.29, 1.82) is 0 Å². The number of ketones is 1. The number of methoxy groups -OCH3 is 1. The first-order valence-corrected chi connectivity index (χ1v) is 11.9. The molecule has 1 heterocycles. The van der Waals surface area contributed by atoms with Crippen LogP contribution >= 0.6 is 0 Å². The van der Waals surface area contributed by atoms with Crippen LogP contribution in [0.5, 0.6) is 5.75 Å². The van der Waals surface area contributed by atoms with Crippen LogP contribution in [0.15, 0.2) is 72.8 Å². The monoisotopic (exact) mass is 475 g/mol. The number of Topliss-reactive ketones (excluding diaryl/α,β-unsaturated/α-hetero) is 1. The maximum absolute atomic E-state index is 15.7. The van der Waals surface area contributed by atoms with Crippen molar-refractivity contribution in [3.63, 3.8) is 0 Å². The molecule has 2 aliphatic rings. The van der Waals surface area contributed by atoms with E-state index in [9.17, 15) is 9.59 Å². The molecule has 0 unspecified atom stereocenters. The van der Waals surface area contributed by atoms with Crippen molar-refractivity contribution in [2.45, 2.75) is 50.1 Å². The van der Waals surface area contributed by atoms with Gasteiger partial charge in [-0.1, -0.05) is 79.9 Å². The number of amides is 1. The Kier molecular flexibility index (Phi) is 5.91. The van der Waals surface area contributed by atoms with Crippen molar-refractivity contribution in [2.75, 3.05) is 7.11 Å². The Balaban J connectivity index is 1.60. The molecule has 1 aliphatic carbocycles. The van der Waals surface area contributed by atoms with E-state index in [4.69, 9.17) is 4.74 Å². The molecule has 0 bridgehead atoms. The van der Waals surface area contributed by atoms with E-state index >= 15 is 8.78 Å². The topological polar surface area (TPSA) is 46.6 Å². The van der Waals surface area contributed by atoms with Crippen LogP contribution in [-0.4, -0.2) is 23.7 Å². The fourth-order valence-electron chi connectivity index (χ4n) is 5.61. The summed E-state index contributed by atoms with van der Waals surface area (Å²) in [6, 6.07) is 19.5. The predicted octanol–water partition coefficient (Wildman–Crippen LogP) is 6.49. The van der Waals surface area contributed by atoms with Gasteiger partial charge in [0.25, 0.3) is 5.91 Å². The van der Waals surface area contributed by atoms with E-state index in [1.54, 1.807) is 42.3 Å². The maximum Gasteiger partial charge on any atom is 0.335 e. The lowest BCUT2D eigenvalue weighted by molar-refractivity contribution is 0.00676. The molecule has 1 amide bonds. The summed E-state index contributed by atoms with van der Waals surface area (Å²) >= 11 is 0. The molecule has 0 radical (unpaired) electrons. The summed E-state index contributed by atoms with van der Waals surface area (Å²) in [7, 11) is 1.59. The average molecular weight is 476 g/mol. The molecule has 35 heavy (non-hydrogen) atoms. The quantitative estimate of drug-likeness (QED) is 0.383. The molecular formula is C29H27F2NO3. The van der Waals surface area contributed by atoms with Gasteiger partial charge in [0.15, 0.2) is 0 Å². The Morgan fingerprint density at radius 3 is 2.29 bits per heavy atom. The molecule has 1 saturated carbocycles. The molecule has 180 valence electrons. The summed E-state index contributed by atoms with van der Waals surface area (Å²) in [5.41, 5.74) is 0.266. The van der Waals surface area contributed by atoms with Crippen LogP contribution in [-0.2, 0) is 18.0 Å². The minimum Gasteiger partial charge on any atom is -0.497 e. The van der Waals surface area contributed by atoms with Gasteiger partial charge in [-0.15, -0.1) is 0 Å². The number of alkyl halides is 2. The highest BCUT2D eigenvalue weighted by atomic mass is 19.3. The van der Waals surface area contributed by atoms with Crippen molar-refractivity contribution in [1.82, 2.24) is 4.90 Å². The smallest absolute Gasteiger partial charge is 0.335 e. The van der Waals surface area contributed by atoms with Crippen molar-refractivity contribution >= 4 is 11.7 Å². The number of hydrogen-bond acceptors (Lipinski definition) is 3. The SMILES string of the molecule is COc1ccc(CN2C(=O)c3c(C(F)(F)C(=O)c4ccccc4)cccc3C23CCCCC3)cc1. The second-order valence-electron chi connectivity index (χ2n) is 9.33. The highest BCUT2D eigenvalue weighted by Gasteiger charge is 2.54. The molecule has 3 aromatic rings. The van der Waals surface area contributed by atoms with Crippen LogP contribution < -0.4 is 4.74 Å². The number of halogens is 2. The third kappa shape index (κ3) is 3.81. The van der Waals surface area contributed by atoms with Crippen LogP contribution in [0.4, 0.5) is 8.78 Å². The summed E-state index contributed by atoms with van der Waals surface area (Å²) in [5, 5.41) is 0. The van der Waals surface area contributed by atoms with Gasteiger partial charge in [-0.05, 0) is 36.1 Å². The van der Waals surface area contributed by atoms with E-state index in [0.29, 0.717) is 30.7 Å². The van der Waals surface area contributed by atoms with Gasteiger partial charge in [-0.2, -0.15) is 8.78 Å². The minimum absolute atomic E-state index is 0.0165. The zero-order valence-corrected chi connectivity index (χ0v) is 19.6. The summed E-state index contributed by atoms with van der Waals surface area (Å²) in [6.45, 7) is 0.301. The molecule has 5 rings (SSSR count). The first-order chi connectivity index (χ1) is 16.9. The Morgan fingerprint density at radius 1 is 0.943 bits per heavy atom. The highest BCUT2D eigenvalue weighted by Crippen LogP contribution is 2.52. The van der Waals surface area contributed by atoms with Crippen molar-refractivity contribution in [3.8, 4) is 5.75 Å². The number of nitrogens with zero attached hydrogens (tertiary/aromatic N) is 1. The van der Waals surface area contributed by atoms with Gasteiger partial charge >= 0.3 is 5.92 Å². The molecule has 0 saturated heterocycles. The van der Waals surface area contributed by atoms with E-state index in [-0.39, 0.29) is 11.1 Å². The Hall–Kier alpha value is -3.54. The predicted molar refractivity (Wildman–Crippen MR) is 129 cm³/mol. The molecular weight excluding hydrogens is 448 g/mol. The van der Waals surface area contributed by atoms with Crippen LogP contribution in [0, 0.1) is 0 Å². The van der Waals surface area contributed by atoms with E-state index in [2.05, 4.69) is 0 Å². The number of hydrogen-bond donors (Lipinski definition) is 0. The number of benzene rings is 3. The number of carbonyl (C=O) groups is 2. The highest BCUT2D eigenvalue weighted by molar-refractivity contribution is 6.07. The van der Waals surface area contributed by atoms with Crippen molar-refractivity contribution < 1.29 is 23.1 Å². The molecule has 6 heteroatoms. The van der Waals surface area contributed by atoms with Crippen LogP contribution in [0.1, 0.15) is 69.5 Å². The van der Waals surface area contributed by atoms with Gasteiger partial charge in [0.1, 0.15) is 5.75 Å². The first-order valence-electron chi connectivity index (χ1n) is 11.9. The zero-order chi connectivity index (χ0) is 24.6. The fourth-order valence-corrected chi connectivity index (χ4v) is 5.61. The summed E-state index contributed by atoms with van der Waals surface area (Å²) < 4.78 is 36.7. The van der Waals surface area contributed by atoms with Crippen molar-refractivity contribution in [3.05, 3.63) is 101 Å².